The number of halogens is 2. The van der Waals surface area contributed by atoms with Crippen molar-refractivity contribution in [1.82, 2.24) is 10.2 Å². The molecule has 0 bridgehead atoms. The molecule has 2 aromatic carbocycles. The van der Waals surface area contributed by atoms with Crippen molar-refractivity contribution in [1.29, 1.82) is 0 Å². The monoisotopic (exact) mass is 649 g/mol. The van der Waals surface area contributed by atoms with Gasteiger partial charge in [0, 0.05) is 36.8 Å². The van der Waals surface area contributed by atoms with Gasteiger partial charge in [-0.05, 0) is 58.5 Å². The van der Waals surface area contributed by atoms with Crippen LogP contribution in [-0.4, -0.2) is 91.4 Å². The largest absolute Gasteiger partial charge is 0.493 e. The molecule has 10 nitrogen and oxygen atoms in total. The fourth-order valence-corrected chi connectivity index (χ4v) is 5.77. The molecule has 3 rings (SSSR count). The first-order valence-electron chi connectivity index (χ1n) is 14.3. The zero-order valence-electron chi connectivity index (χ0n) is 25.9. The Bertz CT molecular complexity index is 1400. The van der Waals surface area contributed by atoms with Gasteiger partial charge in [-0.25, -0.2) is 4.79 Å². The maximum absolute atomic E-state index is 13.4. The van der Waals surface area contributed by atoms with E-state index in [1.165, 1.54) is 0 Å². The van der Waals surface area contributed by atoms with Crippen molar-refractivity contribution in [2.24, 2.45) is 10.9 Å². The summed E-state index contributed by atoms with van der Waals surface area (Å²) in [4.78, 5) is 32.5. The van der Waals surface area contributed by atoms with Crippen LogP contribution < -0.4 is 14.8 Å². The molecule has 0 aliphatic carbocycles. The van der Waals surface area contributed by atoms with Crippen molar-refractivity contribution in [3.8, 4) is 11.5 Å². The molecule has 3 N–H and O–H groups in total. The quantitative estimate of drug-likeness (QED) is 0.233. The Kier molecular flexibility index (Phi) is 12.6. The Morgan fingerprint density at radius 3 is 2.45 bits per heavy atom. The van der Waals surface area contributed by atoms with Crippen LogP contribution in [0.2, 0.25) is 10.0 Å². The van der Waals surface area contributed by atoms with Crippen LogP contribution in [0.15, 0.2) is 58.7 Å². The van der Waals surface area contributed by atoms with Gasteiger partial charge in [-0.3, -0.25) is 14.7 Å². The van der Waals surface area contributed by atoms with Crippen molar-refractivity contribution in [2.45, 2.75) is 45.3 Å². The number of β-amino-alcohol motifs (C(OH)–C–C–N with tert-alkyl or cyclic N) is 1. The highest BCUT2D eigenvalue weighted by molar-refractivity contribution is 6.42. The van der Waals surface area contributed by atoms with E-state index in [1.54, 1.807) is 51.3 Å². The summed E-state index contributed by atoms with van der Waals surface area (Å²) in [6, 6.07) is 12.2. The first-order valence-corrected chi connectivity index (χ1v) is 15.0. The highest BCUT2D eigenvalue weighted by Gasteiger charge is 2.43. The van der Waals surface area contributed by atoms with Crippen LogP contribution in [0.5, 0.6) is 11.5 Å². The zero-order chi connectivity index (χ0) is 32.6. The molecular formula is C32H41Cl2N3O7. The molecule has 0 fully saturated rings. The Labute approximate surface area is 268 Å². The van der Waals surface area contributed by atoms with Gasteiger partial charge in [0.05, 0.1) is 35.0 Å². The second kappa shape index (κ2) is 15.7. The lowest BCUT2D eigenvalue weighted by Gasteiger charge is -2.35. The molecule has 12 heteroatoms. The molecular weight excluding hydrogens is 609 g/mol. The van der Waals surface area contributed by atoms with Gasteiger partial charge in [0.2, 0.25) is 0 Å². The first-order chi connectivity index (χ1) is 20.8. The van der Waals surface area contributed by atoms with E-state index in [0.717, 1.165) is 0 Å². The summed E-state index contributed by atoms with van der Waals surface area (Å²) in [7, 11) is 3.43. The Morgan fingerprint density at radius 1 is 1.14 bits per heavy atom. The summed E-state index contributed by atoms with van der Waals surface area (Å²) in [6.07, 6.45) is -0.788. The number of hydrogen-bond acceptors (Lipinski definition) is 9. The van der Waals surface area contributed by atoms with Crippen molar-refractivity contribution in [3.05, 3.63) is 69.3 Å². The SMILES string of the molecule is CCOC(=O)C1=C(CN(C)CC(C)(C)NCC(O)COc2ccccc2OC)N=C(C)C(C(=O)O)C1c1cccc(Cl)c1Cl. The number of rotatable bonds is 15. The van der Waals surface area contributed by atoms with E-state index in [2.05, 4.69) is 10.3 Å². The van der Waals surface area contributed by atoms with Gasteiger partial charge in [0.25, 0.3) is 0 Å². The summed E-state index contributed by atoms with van der Waals surface area (Å²) < 4.78 is 16.4. The summed E-state index contributed by atoms with van der Waals surface area (Å²) in [5.74, 6) is -2.76. The second-order valence-corrected chi connectivity index (χ2v) is 12.1. The molecule has 240 valence electrons. The molecule has 1 aliphatic rings. The highest BCUT2D eigenvalue weighted by Crippen LogP contribution is 2.44. The first kappa shape index (κ1) is 35.3. The standard InChI is InChI=1S/C32H41Cl2N3O7/c1-7-43-31(41)28-23(36-19(2)26(30(39)40)27(28)21-11-10-12-22(33)29(21)34)16-37(5)18-32(3,4)35-15-20(38)17-44-25-14-9-8-13-24(25)42-6/h8-14,20,26-27,35,38H,7,15-18H2,1-6H3,(H,39,40). The number of aliphatic hydroxyl groups is 1. The van der Waals surface area contributed by atoms with E-state index in [9.17, 15) is 19.8 Å². The lowest BCUT2D eigenvalue weighted by atomic mass is 9.75. The summed E-state index contributed by atoms with van der Waals surface area (Å²) in [5.41, 5.74) is 0.803. The summed E-state index contributed by atoms with van der Waals surface area (Å²) in [5, 5.41) is 24.6. The van der Waals surface area contributed by atoms with Gasteiger partial charge >= 0.3 is 11.9 Å². The molecule has 0 saturated carbocycles. The molecule has 1 aliphatic heterocycles. The van der Waals surface area contributed by atoms with Gasteiger partial charge in [-0.1, -0.05) is 47.5 Å². The van der Waals surface area contributed by atoms with Crippen molar-refractivity contribution >= 4 is 40.9 Å². The van der Waals surface area contributed by atoms with E-state index in [4.69, 9.17) is 37.4 Å². The van der Waals surface area contributed by atoms with Crippen molar-refractivity contribution < 1.29 is 34.0 Å². The Hall–Kier alpha value is -3.15. The summed E-state index contributed by atoms with van der Waals surface area (Å²) >= 11 is 12.9. The molecule has 2 aromatic rings. The number of carboxylic acid groups (broad SMARTS) is 1. The topological polar surface area (TPSA) is 130 Å². The number of hydrogen-bond donors (Lipinski definition) is 3. The van der Waals surface area contributed by atoms with Crippen molar-refractivity contribution in [3.63, 3.8) is 0 Å². The zero-order valence-corrected chi connectivity index (χ0v) is 27.4. The van der Waals surface area contributed by atoms with Crippen LogP contribution in [0, 0.1) is 5.92 Å². The van der Waals surface area contributed by atoms with Crippen LogP contribution in [0.4, 0.5) is 0 Å². The number of nitrogens with one attached hydrogen (secondary N) is 1. The number of para-hydroxylation sites is 2. The molecule has 0 amide bonds. The fraction of sp³-hybridized carbons (Fsp3) is 0.469. The Balaban J connectivity index is 1.80. The van der Waals surface area contributed by atoms with Crippen LogP contribution in [0.25, 0.3) is 0 Å². The van der Waals surface area contributed by atoms with Crippen molar-refractivity contribution in [2.75, 3.05) is 47.0 Å². The predicted molar refractivity (Wildman–Crippen MR) is 171 cm³/mol. The number of carboxylic acids is 1. The van der Waals surface area contributed by atoms with Crippen LogP contribution >= 0.6 is 23.2 Å². The minimum absolute atomic E-state index is 0.0707. The number of benzene rings is 2. The van der Waals surface area contributed by atoms with E-state index in [1.807, 2.05) is 37.9 Å². The van der Waals surface area contributed by atoms with E-state index >= 15 is 0 Å². The third kappa shape index (κ3) is 8.95. The molecule has 0 radical (unpaired) electrons. The number of likely N-dealkylation sites (N-methyl/N-ethyl adjacent to an activating group) is 1. The molecule has 0 spiro atoms. The van der Waals surface area contributed by atoms with Gasteiger partial charge < -0.3 is 29.7 Å². The van der Waals surface area contributed by atoms with Gasteiger partial charge in [0.1, 0.15) is 18.6 Å². The fourth-order valence-electron chi connectivity index (χ4n) is 5.34. The smallest absolute Gasteiger partial charge is 0.336 e. The number of aliphatic hydroxyl groups excluding tert-OH is 1. The second-order valence-electron chi connectivity index (χ2n) is 11.3. The predicted octanol–water partition coefficient (Wildman–Crippen LogP) is 4.82. The van der Waals surface area contributed by atoms with Crippen LogP contribution in [0.3, 0.4) is 0 Å². The number of aliphatic imine (C=N–C) groups is 1. The number of aliphatic carboxylic acids is 1. The number of nitrogens with zero attached hydrogens (tertiary/aromatic N) is 2. The van der Waals surface area contributed by atoms with Gasteiger partial charge in [-0.2, -0.15) is 0 Å². The number of carbonyl (C=O) groups excluding carboxylic acids is 1. The van der Waals surface area contributed by atoms with Gasteiger partial charge in [-0.15, -0.1) is 0 Å². The molecule has 3 atom stereocenters. The maximum atomic E-state index is 13.4. The molecule has 44 heavy (non-hydrogen) atoms. The van der Waals surface area contributed by atoms with E-state index < -0.39 is 35.4 Å². The normalized spacial score (nSPS) is 17.7. The lowest BCUT2D eigenvalue weighted by molar-refractivity contribution is -0.141. The molecule has 3 unspecified atom stereocenters. The Morgan fingerprint density at radius 2 is 1.82 bits per heavy atom. The molecule has 0 aromatic heterocycles. The lowest BCUT2D eigenvalue weighted by Crippen LogP contribution is -2.51. The average molecular weight is 651 g/mol. The average Bonchev–Trinajstić information content (AvgIpc) is 2.95. The van der Waals surface area contributed by atoms with E-state index in [0.29, 0.717) is 35.0 Å². The van der Waals surface area contributed by atoms with Crippen LogP contribution in [-0.2, 0) is 14.3 Å². The third-order valence-corrected chi connectivity index (χ3v) is 8.03. The maximum Gasteiger partial charge on any atom is 0.336 e. The van der Waals surface area contributed by atoms with Gasteiger partial charge in [0.15, 0.2) is 11.5 Å². The minimum Gasteiger partial charge on any atom is -0.493 e. The number of esters is 1. The number of methoxy groups -OCH3 is 1. The number of carbonyl (C=O) groups is 2. The number of ether oxygens (including phenoxy) is 3. The summed E-state index contributed by atoms with van der Waals surface area (Å²) in [6.45, 7) is 8.44. The van der Waals surface area contributed by atoms with Crippen LogP contribution in [0.1, 0.15) is 39.2 Å². The third-order valence-electron chi connectivity index (χ3n) is 7.20. The minimum atomic E-state index is -1.14. The van der Waals surface area contributed by atoms with E-state index in [-0.39, 0.29) is 41.9 Å². The molecule has 0 saturated heterocycles. The highest BCUT2D eigenvalue weighted by atomic mass is 35.5. The molecule has 1 heterocycles.